The lowest BCUT2D eigenvalue weighted by molar-refractivity contribution is 0.0169. The Kier molecular flexibility index (Phi) is 5.53. The first-order chi connectivity index (χ1) is 9.58. The summed E-state index contributed by atoms with van der Waals surface area (Å²) >= 11 is 0. The average molecular weight is 303 g/mol. The lowest BCUT2D eigenvalue weighted by Crippen LogP contribution is -2.25. The van der Waals surface area contributed by atoms with Crippen LogP contribution in [0.25, 0.3) is 0 Å². The number of rotatable bonds is 8. The highest BCUT2D eigenvalue weighted by Crippen LogP contribution is 2.11. The second kappa shape index (κ2) is 7.16. The Morgan fingerprint density at radius 1 is 1.60 bits per heavy atom. The van der Waals surface area contributed by atoms with Crippen molar-refractivity contribution < 1.29 is 17.9 Å². The zero-order valence-electron chi connectivity index (χ0n) is 11.6. The molecule has 0 amide bonds. The Labute approximate surface area is 119 Å². The molecule has 1 N–H and O–H groups in total. The average Bonchev–Trinajstić information content (AvgIpc) is 3.05. The van der Waals surface area contributed by atoms with Crippen molar-refractivity contribution in [3.63, 3.8) is 0 Å². The minimum atomic E-state index is -3.46. The molecule has 1 unspecified atom stereocenters. The summed E-state index contributed by atoms with van der Waals surface area (Å²) in [6, 6.07) is 0. The molecule has 8 heteroatoms. The molecule has 7 nitrogen and oxygen atoms in total. The minimum Gasteiger partial charge on any atom is -0.379 e. The van der Waals surface area contributed by atoms with E-state index in [0.29, 0.717) is 26.2 Å². The van der Waals surface area contributed by atoms with E-state index in [-0.39, 0.29) is 11.0 Å². The van der Waals surface area contributed by atoms with Crippen molar-refractivity contribution in [1.82, 2.24) is 14.5 Å². The van der Waals surface area contributed by atoms with E-state index in [1.165, 1.54) is 17.1 Å². The first-order valence-corrected chi connectivity index (χ1v) is 8.24. The van der Waals surface area contributed by atoms with Gasteiger partial charge in [0.2, 0.25) is 10.0 Å². The van der Waals surface area contributed by atoms with Gasteiger partial charge in [0.05, 0.1) is 18.9 Å². The van der Waals surface area contributed by atoms with E-state index in [2.05, 4.69) is 9.82 Å². The maximum Gasteiger partial charge on any atom is 0.243 e. The summed E-state index contributed by atoms with van der Waals surface area (Å²) in [6.07, 6.45) is 5.78. The lowest BCUT2D eigenvalue weighted by atomic mass is 10.2. The number of ether oxygens (including phenoxy) is 2. The lowest BCUT2D eigenvalue weighted by Gasteiger charge is -2.10. The maximum absolute atomic E-state index is 11.9. The molecule has 0 saturated carbocycles. The Hall–Kier alpha value is -0.960. The van der Waals surface area contributed by atoms with Gasteiger partial charge in [-0.3, -0.25) is 4.68 Å². The Morgan fingerprint density at radius 3 is 3.10 bits per heavy atom. The molecule has 1 atom stereocenters. The SMILES string of the molecule is Cn1cc(S(=O)(=O)NCCCOCC2CCCO2)cn1. The van der Waals surface area contributed by atoms with Crippen LogP contribution in [0.1, 0.15) is 19.3 Å². The van der Waals surface area contributed by atoms with Crippen LogP contribution in [0, 0.1) is 0 Å². The summed E-state index contributed by atoms with van der Waals surface area (Å²) < 4.78 is 38.6. The fourth-order valence-electron chi connectivity index (χ4n) is 1.99. The Morgan fingerprint density at radius 2 is 2.45 bits per heavy atom. The van der Waals surface area contributed by atoms with Gasteiger partial charge in [-0.05, 0) is 19.3 Å². The molecule has 0 radical (unpaired) electrons. The maximum atomic E-state index is 11.9. The Bertz CT molecular complexity index is 509. The molecule has 1 saturated heterocycles. The third-order valence-electron chi connectivity index (χ3n) is 3.08. The van der Waals surface area contributed by atoms with Crippen molar-refractivity contribution in [2.75, 3.05) is 26.4 Å². The van der Waals surface area contributed by atoms with Gasteiger partial charge in [-0.2, -0.15) is 5.10 Å². The van der Waals surface area contributed by atoms with Gasteiger partial charge in [0, 0.05) is 33.0 Å². The second-order valence-electron chi connectivity index (χ2n) is 4.81. The van der Waals surface area contributed by atoms with Crippen molar-refractivity contribution in [3.05, 3.63) is 12.4 Å². The molecule has 0 bridgehead atoms. The van der Waals surface area contributed by atoms with Gasteiger partial charge in [-0.15, -0.1) is 0 Å². The fourth-order valence-corrected chi connectivity index (χ4v) is 3.05. The van der Waals surface area contributed by atoms with Gasteiger partial charge < -0.3 is 9.47 Å². The van der Waals surface area contributed by atoms with Crippen LogP contribution in [-0.2, 0) is 26.5 Å². The molecule has 1 fully saturated rings. The molecule has 1 aromatic rings. The van der Waals surface area contributed by atoms with E-state index in [1.807, 2.05) is 0 Å². The molecule has 20 heavy (non-hydrogen) atoms. The number of aryl methyl sites for hydroxylation is 1. The molecule has 0 aliphatic carbocycles. The van der Waals surface area contributed by atoms with E-state index in [9.17, 15) is 8.42 Å². The standard InChI is InChI=1S/C12H21N3O4S/c1-15-9-12(8-13-15)20(16,17)14-5-3-6-18-10-11-4-2-7-19-11/h8-9,11,14H,2-7,10H2,1H3. The van der Waals surface area contributed by atoms with Crippen LogP contribution in [0.15, 0.2) is 17.3 Å². The quantitative estimate of drug-likeness (QED) is 0.698. The molecule has 0 spiro atoms. The third kappa shape index (κ3) is 4.55. The number of hydrogen-bond acceptors (Lipinski definition) is 5. The van der Waals surface area contributed by atoms with Crippen LogP contribution in [0.4, 0.5) is 0 Å². The monoisotopic (exact) mass is 303 g/mol. The Balaban J connectivity index is 1.60. The molecule has 0 aromatic carbocycles. The molecule has 2 rings (SSSR count). The highest BCUT2D eigenvalue weighted by atomic mass is 32.2. The number of aromatic nitrogens is 2. The zero-order chi connectivity index (χ0) is 14.4. The van der Waals surface area contributed by atoms with Crippen LogP contribution in [0.5, 0.6) is 0 Å². The smallest absolute Gasteiger partial charge is 0.243 e. The molecule has 2 heterocycles. The highest BCUT2D eigenvalue weighted by Gasteiger charge is 2.16. The summed E-state index contributed by atoms with van der Waals surface area (Å²) in [5, 5.41) is 3.84. The first kappa shape index (κ1) is 15.4. The van der Waals surface area contributed by atoms with E-state index >= 15 is 0 Å². The van der Waals surface area contributed by atoms with Crippen molar-refractivity contribution in [2.45, 2.75) is 30.3 Å². The topological polar surface area (TPSA) is 82.5 Å². The van der Waals surface area contributed by atoms with Crippen molar-refractivity contribution in [2.24, 2.45) is 7.05 Å². The predicted molar refractivity (Wildman–Crippen MR) is 72.8 cm³/mol. The van der Waals surface area contributed by atoms with Crippen LogP contribution < -0.4 is 4.72 Å². The number of sulfonamides is 1. The number of nitrogens with one attached hydrogen (secondary N) is 1. The van der Waals surface area contributed by atoms with E-state index in [0.717, 1.165) is 19.4 Å². The summed E-state index contributed by atoms with van der Waals surface area (Å²) in [5.74, 6) is 0. The molecule has 1 aliphatic rings. The summed E-state index contributed by atoms with van der Waals surface area (Å²) in [5.41, 5.74) is 0. The normalized spacial score (nSPS) is 19.6. The second-order valence-corrected chi connectivity index (χ2v) is 6.58. The largest absolute Gasteiger partial charge is 0.379 e. The van der Waals surface area contributed by atoms with E-state index in [4.69, 9.17) is 9.47 Å². The summed E-state index contributed by atoms with van der Waals surface area (Å²) in [7, 11) is -1.78. The molecule has 114 valence electrons. The summed E-state index contributed by atoms with van der Waals surface area (Å²) in [6.45, 7) is 2.28. The molecular formula is C12H21N3O4S. The zero-order valence-corrected chi connectivity index (χ0v) is 12.4. The van der Waals surface area contributed by atoms with Gasteiger partial charge in [0.15, 0.2) is 0 Å². The van der Waals surface area contributed by atoms with Crippen LogP contribution in [0.2, 0.25) is 0 Å². The third-order valence-corrected chi connectivity index (χ3v) is 4.49. The predicted octanol–water partition coefficient (Wildman–Crippen LogP) is 0.284. The van der Waals surface area contributed by atoms with Gasteiger partial charge in [0.1, 0.15) is 4.90 Å². The van der Waals surface area contributed by atoms with E-state index < -0.39 is 10.0 Å². The molecule has 1 aliphatic heterocycles. The number of hydrogen-bond donors (Lipinski definition) is 1. The van der Waals surface area contributed by atoms with Gasteiger partial charge in [-0.25, -0.2) is 13.1 Å². The first-order valence-electron chi connectivity index (χ1n) is 6.75. The van der Waals surface area contributed by atoms with Crippen LogP contribution in [0.3, 0.4) is 0 Å². The van der Waals surface area contributed by atoms with Gasteiger partial charge in [0.25, 0.3) is 0 Å². The molecule has 1 aromatic heterocycles. The van der Waals surface area contributed by atoms with Crippen LogP contribution >= 0.6 is 0 Å². The van der Waals surface area contributed by atoms with E-state index in [1.54, 1.807) is 7.05 Å². The fraction of sp³-hybridized carbons (Fsp3) is 0.750. The summed E-state index contributed by atoms with van der Waals surface area (Å²) in [4.78, 5) is 0.181. The van der Waals surface area contributed by atoms with Crippen molar-refractivity contribution in [3.8, 4) is 0 Å². The molecular weight excluding hydrogens is 282 g/mol. The van der Waals surface area contributed by atoms with Crippen LogP contribution in [-0.4, -0.2) is 50.7 Å². The van der Waals surface area contributed by atoms with Crippen molar-refractivity contribution >= 4 is 10.0 Å². The highest BCUT2D eigenvalue weighted by molar-refractivity contribution is 7.89. The van der Waals surface area contributed by atoms with Gasteiger partial charge in [-0.1, -0.05) is 0 Å². The minimum absolute atomic E-state index is 0.181. The number of nitrogens with zero attached hydrogens (tertiary/aromatic N) is 2. The van der Waals surface area contributed by atoms with Crippen molar-refractivity contribution in [1.29, 1.82) is 0 Å². The van der Waals surface area contributed by atoms with Gasteiger partial charge >= 0.3 is 0 Å².